The molecular weight excluding hydrogens is 1280 g/mol. The molecule has 0 aliphatic rings. The highest BCUT2D eigenvalue weighted by Gasteiger charge is 1.79. The van der Waals surface area contributed by atoms with Gasteiger partial charge in [-0.15, -0.1) is 11.3 Å². The van der Waals surface area contributed by atoms with E-state index in [1.165, 1.54) is 18.9 Å². The third-order valence-corrected chi connectivity index (χ3v) is 7.32. The van der Waals surface area contributed by atoms with Crippen molar-refractivity contribution in [3.05, 3.63) is 237 Å². The number of furan rings is 1. The van der Waals surface area contributed by atoms with E-state index >= 15 is 0 Å². The molecule has 17 heteroatoms. The number of aromatic nitrogens is 12. The minimum Gasteiger partial charge on any atom is -0.473 e. The number of oxazole rings is 1. The van der Waals surface area contributed by atoms with Gasteiger partial charge >= 0.3 is 0 Å². The Kier molecular flexibility index (Phi) is 293. The monoisotopic (exact) mass is 1450 g/mol. The summed E-state index contributed by atoms with van der Waals surface area (Å²) < 4.78 is 24.8. The molecule has 0 spiro atoms. The summed E-state index contributed by atoms with van der Waals surface area (Å²) in [5, 5.41) is 17.0. The highest BCUT2D eigenvalue weighted by Crippen LogP contribution is 1.91. The zero-order valence-corrected chi connectivity index (χ0v) is 75.6. The number of rotatable bonds is 0. The number of thiazole rings is 1. The largest absolute Gasteiger partial charge is 0.473 e. The van der Waals surface area contributed by atoms with Crippen LogP contribution < -0.4 is 4.57 Å². The molecule has 100 heavy (non-hydrogen) atoms. The summed E-state index contributed by atoms with van der Waals surface area (Å²) >= 11 is 3.31. The third kappa shape index (κ3) is 198. The van der Waals surface area contributed by atoms with Crippen molar-refractivity contribution in [3.8, 4) is 0 Å². The fourth-order valence-corrected chi connectivity index (χ4v) is 4.13. The molecule has 0 fully saturated rings. The summed E-state index contributed by atoms with van der Waals surface area (Å²) in [4.78, 5) is 11.1. The Bertz CT molecular complexity index is 1810. The topological polar surface area (TPSA) is 145 Å². The van der Waals surface area contributed by atoms with Crippen LogP contribution in [0.15, 0.2) is 251 Å². The number of nitrogens with zero attached hydrogens (tertiary/aromatic N) is 12. The fraction of sp³-hybridized carbons (Fsp3) is 0.530. The standard InChI is InChI=1S/C6H8N.2C5H7N.3C4H6N2.C4H4O.C4H4S.2C3H3NO.C3H3NS.19C2H6/c1-7-5-3-2-4-6-7;2*1-6-4-2-3-5-6;1-6-3-2-5-4-6;2*1-6-4-2-3-5-6;2*1-2-4-5-3-1;1-2-5-3-4-1;1-2-4-5-3-1;1-2-5-3-4-1;19*1-2/h2-6H,1H3;2*2-5H,1H3;3*2-4H,1H3;2*1-4H;3*1-3H;19*1-2H3/q+1;;;;;;;;;;;;;;;;;;;;;;;;;;;;;. The van der Waals surface area contributed by atoms with Gasteiger partial charge in [-0.1, -0.05) is 286 Å². The minimum atomic E-state index is 1.38. The first kappa shape index (κ1) is 143. The second-order valence-electron chi connectivity index (χ2n) is 11.5. The van der Waals surface area contributed by atoms with E-state index in [0.717, 1.165) is 0 Å². The van der Waals surface area contributed by atoms with Crippen LogP contribution in [0.1, 0.15) is 263 Å². The Labute approximate surface area is 633 Å². The highest BCUT2D eigenvalue weighted by atomic mass is 32.1. The summed E-state index contributed by atoms with van der Waals surface area (Å²) in [5.41, 5.74) is 1.79. The first-order valence-electron chi connectivity index (χ1n) is 37.6. The number of pyridine rings is 1. The molecule has 0 saturated heterocycles. The lowest BCUT2D eigenvalue weighted by Crippen LogP contribution is -2.25. The van der Waals surface area contributed by atoms with E-state index < -0.39 is 0 Å². The van der Waals surface area contributed by atoms with E-state index in [4.69, 9.17) is 0 Å². The Balaban J connectivity index is -0.0000000406. The van der Waals surface area contributed by atoms with Gasteiger partial charge < -0.3 is 27.1 Å². The first-order valence-corrected chi connectivity index (χ1v) is 39.5. The van der Waals surface area contributed by atoms with E-state index in [0.29, 0.717) is 0 Å². The van der Waals surface area contributed by atoms with Crippen LogP contribution in [0.5, 0.6) is 0 Å². The normalized spacial score (nSPS) is 6.40. The van der Waals surface area contributed by atoms with E-state index in [1.807, 2.05) is 474 Å². The maximum absolute atomic E-state index is 4.58. The predicted molar refractivity (Wildman–Crippen MR) is 462 cm³/mol. The summed E-state index contributed by atoms with van der Waals surface area (Å²) in [6, 6.07) is 27.2. The molecule has 0 bridgehead atoms. The van der Waals surface area contributed by atoms with Gasteiger partial charge in [-0.2, -0.15) is 21.5 Å². The molecule has 0 aliphatic heterocycles. The molecule has 0 amide bonds. The lowest BCUT2D eigenvalue weighted by atomic mass is 10.5. The Morgan fingerprint density at radius 3 is 0.760 bits per heavy atom. The number of hydrogen-bond acceptors (Lipinski definition) is 11. The van der Waals surface area contributed by atoms with Crippen LogP contribution in [0.2, 0.25) is 0 Å². The molecule has 0 N–H and O–H groups in total. The van der Waals surface area contributed by atoms with Gasteiger partial charge in [0.15, 0.2) is 18.8 Å². The third-order valence-electron chi connectivity index (χ3n) is 6.17. The van der Waals surface area contributed by atoms with Gasteiger partial charge in [0.25, 0.3) is 0 Å². The average Bonchev–Trinajstić information content (AvgIpc) is 3.53. The lowest BCUT2D eigenvalue weighted by Gasteiger charge is -1.79. The molecule has 15 nitrogen and oxygen atoms in total. The Hall–Kier alpha value is -7.63. The number of thiophene rings is 1. The first-order chi connectivity index (χ1) is 49.4. The molecule has 0 unspecified atom stereocenters. The van der Waals surface area contributed by atoms with Crippen molar-refractivity contribution >= 4 is 22.7 Å². The summed E-state index contributed by atoms with van der Waals surface area (Å²) in [7, 11) is 11.7. The lowest BCUT2D eigenvalue weighted by molar-refractivity contribution is -0.671. The highest BCUT2D eigenvalue weighted by molar-refractivity contribution is 7.07. The van der Waals surface area contributed by atoms with Crippen LogP contribution in [0.3, 0.4) is 0 Å². The van der Waals surface area contributed by atoms with E-state index in [2.05, 4.69) is 43.7 Å². The number of imidazole rings is 1. The van der Waals surface area contributed by atoms with Gasteiger partial charge in [-0.3, -0.25) is 14.3 Å². The van der Waals surface area contributed by atoms with Crippen molar-refractivity contribution in [2.45, 2.75) is 263 Å². The van der Waals surface area contributed by atoms with Crippen LogP contribution in [-0.2, 0) is 42.3 Å². The van der Waals surface area contributed by atoms with Crippen LogP contribution in [0, 0.1) is 0 Å². The van der Waals surface area contributed by atoms with Crippen LogP contribution >= 0.6 is 22.7 Å². The van der Waals surface area contributed by atoms with Gasteiger partial charge in [0.1, 0.15) is 19.6 Å². The second-order valence-corrected chi connectivity index (χ2v) is 13.0. The van der Waals surface area contributed by atoms with Gasteiger partial charge in [-0.05, 0) is 65.4 Å². The molecule has 0 aliphatic carbocycles. The molecule has 11 aromatic heterocycles. The zero-order valence-electron chi connectivity index (χ0n) is 73.9. The van der Waals surface area contributed by atoms with Gasteiger partial charge in [0.2, 0.25) is 0 Å². The minimum absolute atomic E-state index is 1.38. The average molecular weight is 1450 g/mol. The smallest absolute Gasteiger partial charge is 0.180 e. The van der Waals surface area contributed by atoms with E-state index in [9.17, 15) is 0 Å². The van der Waals surface area contributed by atoms with E-state index in [-0.39, 0.29) is 0 Å². The maximum atomic E-state index is 4.58. The molecule has 11 rings (SSSR count). The van der Waals surface area contributed by atoms with Crippen molar-refractivity contribution in [1.29, 1.82) is 0 Å². The molecule has 0 radical (unpaired) electrons. The van der Waals surface area contributed by atoms with Crippen molar-refractivity contribution in [2.24, 2.45) is 42.3 Å². The van der Waals surface area contributed by atoms with Crippen LogP contribution in [0.4, 0.5) is 0 Å². The maximum Gasteiger partial charge on any atom is 0.180 e. The van der Waals surface area contributed by atoms with Gasteiger partial charge in [0, 0.05) is 121 Å². The molecule has 592 valence electrons. The van der Waals surface area contributed by atoms with Crippen LogP contribution in [0.25, 0.3) is 0 Å². The molecule has 0 atom stereocenters. The molecular formula is C83H171N12O3S2+. The number of aryl methyl sites for hydroxylation is 6. The predicted octanol–water partition coefficient (Wildman–Crippen LogP) is 28.8. The Morgan fingerprint density at radius 2 is 0.660 bits per heavy atom. The SMILES string of the molecule is CC.CC.CC.CC.CC.CC.CC.CC.CC.CC.CC.CC.CC.CC.CC.CC.CC.CC.CC.C[n+]1ccccc1.Cn1cccc1.Cn1cccc1.Cn1cccn1.Cn1cccn1.Cn1ccnc1.c1ccoc1.c1ccsc1.c1cnoc1.c1cocn1.c1cscn1. The zero-order chi connectivity index (χ0) is 82.8. The molecule has 0 aromatic carbocycles. The van der Waals surface area contributed by atoms with Crippen molar-refractivity contribution < 1.29 is 17.9 Å². The molecule has 0 saturated carbocycles. The molecule has 11 heterocycles. The quantitative estimate of drug-likeness (QED) is 0.135. The van der Waals surface area contributed by atoms with E-state index in [1.54, 1.807) is 99.6 Å². The summed E-state index contributed by atoms with van der Waals surface area (Å²) in [6.07, 6.45) is 37.3. The van der Waals surface area contributed by atoms with Gasteiger partial charge in [-0.25, -0.2) is 14.5 Å². The van der Waals surface area contributed by atoms with Crippen molar-refractivity contribution in [3.63, 3.8) is 0 Å². The van der Waals surface area contributed by atoms with Gasteiger partial charge in [0.05, 0.1) is 36.8 Å². The molecule has 11 aromatic rings. The summed E-state index contributed by atoms with van der Waals surface area (Å²) in [6.45, 7) is 76.0. The second kappa shape index (κ2) is 205. The van der Waals surface area contributed by atoms with Crippen LogP contribution in [-0.4, -0.2) is 53.4 Å². The fourth-order valence-electron chi connectivity index (χ4n) is 3.32. The van der Waals surface area contributed by atoms with Crippen molar-refractivity contribution in [2.75, 3.05) is 0 Å². The Morgan fingerprint density at radius 1 is 0.280 bits per heavy atom. The summed E-state index contributed by atoms with van der Waals surface area (Å²) in [5.74, 6) is 0. The number of hydrogen-bond donors (Lipinski definition) is 0. The van der Waals surface area contributed by atoms with Crippen molar-refractivity contribution in [1.82, 2.24) is 53.4 Å².